The molecule has 1 fully saturated rings. The highest BCUT2D eigenvalue weighted by Crippen LogP contribution is 2.31. The van der Waals surface area contributed by atoms with Crippen LogP contribution < -0.4 is 4.90 Å². The number of fused-ring (bicyclic) bond motifs is 1. The van der Waals surface area contributed by atoms with E-state index >= 15 is 0 Å². The lowest BCUT2D eigenvalue weighted by molar-refractivity contribution is 0.0391. The Morgan fingerprint density at radius 3 is 2.69 bits per heavy atom. The highest BCUT2D eigenvalue weighted by Gasteiger charge is 2.26. The minimum Gasteiger partial charge on any atom is -0.370 e. The maximum Gasteiger partial charge on any atom is 0.228 e. The lowest BCUT2D eigenvalue weighted by Gasteiger charge is -2.33. The Balaban J connectivity index is 1.59. The summed E-state index contributed by atoms with van der Waals surface area (Å²) in [6.45, 7) is 7.40. The summed E-state index contributed by atoms with van der Waals surface area (Å²) in [6.07, 6.45) is 3.31. The third-order valence-corrected chi connectivity index (χ3v) is 5.54. The molecule has 0 amide bonds. The molecule has 0 saturated carbocycles. The number of hydrogen-bond donors (Lipinski definition) is 0. The van der Waals surface area contributed by atoms with E-state index in [1.807, 2.05) is 39.0 Å². The van der Waals surface area contributed by atoms with Gasteiger partial charge in [0.15, 0.2) is 5.65 Å². The van der Waals surface area contributed by atoms with Crippen molar-refractivity contribution in [2.24, 2.45) is 0 Å². The zero-order valence-corrected chi connectivity index (χ0v) is 18.2. The zero-order chi connectivity index (χ0) is 22.2. The number of hydrogen-bond acceptors (Lipinski definition) is 7. The first-order chi connectivity index (χ1) is 15.5. The monoisotopic (exact) mass is 430 g/mol. The van der Waals surface area contributed by atoms with Crippen LogP contribution in [0.5, 0.6) is 0 Å². The number of morpholine rings is 1. The third-order valence-electron chi connectivity index (χ3n) is 5.54. The topological polar surface area (TPSA) is 76.9 Å². The summed E-state index contributed by atoms with van der Waals surface area (Å²) >= 11 is 0. The Hall–Kier alpha value is -3.52. The van der Waals surface area contributed by atoms with Crippen molar-refractivity contribution < 1.29 is 9.13 Å². The molecule has 162 valence electrons. The van der Waals surface area contributed by atoms with Gasteiger partial charge in [-0.3, -0.25) is 4.98 Å². The zero-order valence-electron chi connectivity index (χ0n) is 18.2. The Morgan fingerprint density at radius 1 is 1.00 bits per heavy atom. The van der Waals surface area contributed by atoms with Crippen LogP contribution in [0.2, 0.25) is 0 Å². The fourth-order valence-electron chi connectivity index (χ4n) is 3.92. The normalized spacial score (nSPS) is 16.5. The number of aryl methyl sites for hydroxylation is 3. The highest BCUT2D eigenvalue weighted by atomic mass is 19.1. The Kier molecular flexibility index (Phi) is 5.22. The van der Waals surface area contributed by atoms with Crippen LogP contribution in [0.4, 0.5) is 10.3 Å². The van der Waals surface area contributed by atoms with E-state index in [1.54, 1.807) is 18.5 Å². The summed E-state index contributed by atoms with van der Waals surface area (Å²) in [4.78, 5) is 24.8. The molecule has 1 unspecified atom stereocenters. The second kappa shape index (κ2) is 8.20. The summed E-state index contributed by atoms with van der Waals surface area (Å²) in [5.41, 5.74) is 5.34. The number of anilines is 1. The molecule has 1 saturated heterocycles. The molecular weight excluding hydrogens is 407 g/mol. The Labute approximate surface area is 185 Å². The van der Waals surface area contributed by atoms with Gasteiger partial charge in [-0.1, -0.05) is 6.07 Å². The number of benzene rings is 1. The fraction of sp³-hybridized carbons (Fsp3) is 0.292. The molecule has 1 aliphatic rings. The van der Waals surface area contributed by atoms with Gasteiger partial charge in [0.05, 0.1) is 18.8 Å². The van der Waals surface area contributed by atoms with Crippen LogP contribution in [0, 0.1) is 26.6 Å². The number of ether oxygens (including phenoxy) is 1. The van der Waals surface area contributed by atoms with Gasteiger partial charge in [0.2, 0.25) is 5.95 Å². The summed E-state index contributed by atoms with van der Waals surface area (Å²) < 4.78 is 20.9. The van der Waals surface area contributed by atoms with Crippen molar-refractivity contribution in [1.29, 1.82) is 0 Å². The SMILES string of the molecule is Cc1ccc(-c2nc(N3CCOC(c4ccnc(C)c4)C3)nc3nc(C)cnc23)c(F)c1. The predicted octanol–water partition coefficient (Wildman–Crippen LogP) is 4.12. The first-order valence-corrected chi connectivity index (χ1v) is 10.5. The molecule has 0 aliphatic carbocycles. The van der Waals surface area contributed by atoms with E-state index in [0.717, 1.165) is 22.5 Å². The van der Waals surface area contributed by atoms with Gasteiger partial charge < -0.3 is 9.64 Å². The smallest absolute Gasteiger partial charge is 0.228 e. The number of aromatic nitrogens is 5. The summed E-state index contributed by atoms with van der Waals surface area (Å²) in [6, 6.07) is 9.09. The molecule has 3 aromatic heterocycles. The predicted molar refractivity (Wildman–Crippen MR) is 120 cm³/mol. The van der Waals surface area contributed by atoms with Gasteiger partial charge in [-0.05, 0) is 56.2 Å². The van der Waals surface area contributed by atoms with Gasteiger partial charge >= 0.3 is 0 Å². The van der Waals surface area contributed by atoms with Crippen LogP contribution in [0.1, 0.15) is 28.6 Å². The summed E-state index contributed by atoms with van der Waals surface area (Å²) in [7, 11) is 0. The quantitative estimate of drug-likeness (QED) is 0.484. The number of halogens is 1. The van der Waals surface area contributed by atoms with E-state index in [-0.39, 0.29) is 11.9 Å². The first-order valence-electron chi connectivity index (χ1n) is 10.5. The van der Waals surface area contributed by atoms with E-state index in [1.165, 1.54) is 6.07 Å². The van der Waals surface area contributed by atoms with Gasteiger partial charge in [-0.15, -0.1) is 0 Å². The van der Waals surface area contributed by atoms with Gasteiger partial charge in [0.25, 0.3) is 0 Å². The van der Waals surface area contributed by atoms with Crippen LogP contribution in [-0.4, -0.2) is 44.6 Å². The van der Waals surface area contributed by atoms with Gasteiger partial charge in [0, 0.05) is 30.2 Å². The molecule has 5 rings (SSSR count). The number of pyridine rings is 1. The molecule has 1 aliphatic heterocycles. The van der Waals surface area contributed by atoms with Crippen LogP contribution >= 0.6 is 0 Å². The minimum atomic E-state index is -0.342. The van der Waals surface area contributed by atoms with Crippen LogP contribution in [0.15, 0.2) is 42.7 Å². The van der Waals surface area contributed by atoms with E-state index < -0.39 is 0 Å². The van der Waals surface area contributed by atoms with Crippen molar-refractivity contribution >= 4 is 17.1 Å². The molecule has 1 atom stereocenters. The maximum atomic E-state index is 14.9. The van der Waals surface area contributed by atoms with Crippen LogP contribution in [0.3, 0.4) is 0 Å². The second-order valence-electron chi connectivity index (χ2n) is 8.08. The average molecular weight is 430 g/mol. The molecule has 32 heavy (non-hydrogen) atoms. The lowest BCUT2D eigenvalue weighted by Crippen LogP contribution is -2.39. The maximum absolute atomic E-state index is 14.9. The van der Waals surface area contributed by atoms with Crippen molar-refractivity contribution in [2.45, 2.75) is 26.9 Å². The van der Waals surface area contributed by atoms with Crippen LogP contribution in [-0.2, 0) is 4.74 Å². The third kappa shape index (κ3) is 3.89. The minimum absolute atomic E-state index is 0.132. The standard InChI is InChI=1S/C24H23FN6O/c1-14-4-5-18(19(25)10-14)21-22-23(28-16(3)12-27-22)30-24(29-21)31-8-9-32-20(13-31)17-6-7-26-15(2)11-17/h4-7,10-12,20H,8-9,13H2,1-3H3. The highest BCUT2D eigenvalue weighted by molar-refractivity contribution is 5.88. The van der Waals surface area contributed by atoms with Crippen molar-refractivity contribution in [3.63, 3.8) is 0 Å². The molecular formula is C24H23FN6O. The second-order valence-corrected chi connectivity index (χ2v) is 8.08. The molecule has 4 aromatic rings. The van der Waals surface area contributed by atoms with Gasteiger partial charge in [-0.2, -0.15) is 4.98 Å². The first kappa shape index (κ1) is 20.4. The fourth-order valence-corrected chi connectivity index (χ4v) is 3.92. The Morgan fingerprint density at radius 2 is 1.88 bits per heavy atom. The van der Waals surface area contributed by atoms with E-state index in [2.05, 4.69) is 24.8 Å². The van der Waals surface area contributed by atoms with E-state index in [9.17, 15) is 4.39 Å². The van der Waals surface area contributed by atoms with Crippen molar-refractivity contribution in [3.8, 4) is 11.3 Å². The molecule has 8 heteroatoms. The van der Waals surface area contributed by atoms with Crippen molar-refractivity contribution in [2.75, 3.05) is 24.6 Å². The molecule has 0 N–H and O–H groups in total. The van der Waals surface area contributed by atoms with Gasteiger partial charge in [0.1, 0.15) is 23.1 Å². The van der Waals surface area contributed by atoms with E-state index in [0.29, 0.717) is 48.1 Å². The number of rotatable bonds is 3. The number of nitrogens with zero attached hydrogens (tertiary/aromatic N) is 6. The Bertz CT molecular complexity index is 1310. The summed E-state index contributed by atoms with van der Waals surface area (Å²) in [5.74, 6) is 0.150. The summed E-state index contributed by atoms with van der Waals surface area (Å²) in [5, 5.41) is 0. The molecule has 7 nitrogen and oxygen atoms in total. The molecule has 0 bridgehead atoms. The average Bonchev–Trinajstić information content (AvgIpc) is 2.78. The van der Waals surface area contributed by atoms with Crippen LogP contribution in [0.25, 0.3) is 22.4 Å². The largest absolute Gasteiger partial charge is 0.370 e. The molecule has 4 heterocycles. The molecule has 1 aromatic carbocycles. The van der Waals surface area contributed by atoms with Gasteiger partial charge in [-0.25, -0.2) is 19.3 Å². The van der Waals surface area contributed by atoms with Crippen molar-refractivity contribution in [1.82, 2.24) is 24.9 Å². The molecule has 0 spiro atoms. The van der Waals surface area contributed by atoms with Crippen molar-refractivity contribution in [3.05, 3.63) is 71.1 Å². The van der Waals surface area contributed by atoms with E-state index in [4.69, 9.17) is 9.72 Å². The lowest BCUT2D eigenvalue weighted by atomic mass is 10.1. The molecule has 0 radical (unpaired) electrons.